The number of pyridine rings is 2. The molecule has 3 heterocycles. The van der Waals surface area contributed by atoms with Crippen molar-refractivity contribution in [3.05, 3.63) is 61.5 Å². The van der Waals surface area contributed by atoms with Crippen LogP contribution in [0.4, 0.5) is 0 Å². The maximum absolute atomic E-state index is 12.1. The SMILES string of the molecule is O=c1[nH]c(=O)c2c([nH]1)[nH]c(=O)c1cc3ccccc3nc12. The molecular weight excluding hydrogens is 272 g/mol. The highest BCUT2D eigenvalue weighted by Gasteiger charge is 2.12. The molecule has 0 aliphatic heterocycles. The average molecular weight is 280 g/mol. The number of hydrogen-bond acceptors (Lipinski definition) is 4. The van der Waals surface area contributed by atoms with Gasteiger partial charge >= 0.3 is 5.69 Å². The summed E-state index contributed by atoms with van der Waals surface area (Å²) in [5.41, 5.74) is -0.658. The molecule has 3 aromatic heterocycles. The van der Waals surface area contributed by atoms with Crippen molar-refractivity contribution < 1.29 is 0 Å². The van der Waals surface area contributed by atoms with Crippen molar-refractivity contribution in [3.63, 3.8) is 0 Å². The molecule has 102 valence electrons. The van der Waals surface area contributed by atoms with Gasteiger partial charge in [0.1, 0.15) is 11.0 Å². The molecule has 7 heteroatoms. The highest BCUT2D eigenvalue weighted by Crippen LogP contribution is 2.19. The number of nitrogens with zero attached hydrogens (tertiary/aromatic N) is 1. The van der Waals surface area contributed by atoms with E-state index in [2.05, 4.69) is 19.9 Å². The number of para-hydroxylation sites is 1. The number of aromatic amines is 3. The van der Waals surface area contributed by atoms with Crippen LogP contribution >= 0.6 is 0 Å². The molecule has 0 bridgehead atoms. The quantitative estimate of drug-likeness (QED) is 0.323. The third-order valence-corrected chi connectivity index (χ3v) is 3.39. The minimum Gasteiger partial charge on any atom is -0.307 e. The molecule has 0 saturated carbocycles. The van der Waals surface area contributed by atoms with Gasteiger partial charge in [-0.25, -0.2) is 9.78 Å². The summed E-state index contributed by atoms with van der Waals surface area (Å²) in [6, 6.07) is 8.97. The van der Waals surface area contributed by atoms with Crippen LogP contribution in [0.1, 0.15) is 0 Å². The first-order chi connectivity index (χ1) is 10.1. The molecule has 4 aromatic rings. The van der Waals surface area contributed by atoms with E-state index < -0.39 is 16.8 Å². The van der Waals surface area contributed by atoms with Gasteiger partial charge in [-0.2, -0.15) is 0 Å². The van der Waals surface area contributed by atoms with Gasteiger partial charge in [-0.15, -0.1) is 0 Å². The van der Waals surface area contributed by atoms with Crippen molar-refractivity contribution in [1.82, 2.24) is 19.9 Å². The molecule has 0 unspecified atom stereocenters. The first kappa shape index (κ1) is 11.6. The Kier molecular flexibility index (Phi) is 2.15. The zero-order valence-electron chi connectivity index (χ0n) is 10.6. The van der Waals surface area contributed by atoms with E-state index in [1.807, 2.05) is 18.2 Å². The number of aromatic nitrogens is 4. The molecule has 7 nitrogen and oxygen atoms in total. The Morgan fingerprint density at radius 3 is 2.57 bits per heavy atom. The van der Waals surface area contributed by atoms with Crippen LogP contribution in [-0.2, 0) is 0 Å². The maximum atomic E-state index is 12.1. The van der Waals surface area contributed by atoms with Gasteiger partial charge in [-0.1, -0.05) is 18.2 Å². The number of hydrogen-bond donors (Lipinski definition) is 3. The molecule has 0 fully saturated rings. The minimum atomic E-state index is -0.678. The van der Waals surface area contributed by atoms with Crippen molar-refractivity contribution in [1.29, 1.82) is 0 Å². The largest absolute Gasteiger partial charge is 0.327 e. The number of rotatable bonds is 0. The molecule has 0 spiro atoms. The summed E-state index contributed by atoms with van der Waals surface area (Å²) in [7, 11) is 0. The summed E-state index contributed by atoms with van der Waals surface area (Å²) in [6.45, 7) is 0. The Labute approximate surface area is 115 Å². The zero-order chi connectivity index (χ0) is 14.6. The number of benzene rings is 1. The van der Waals surface area contributed by atoms with Crippen molar-refractivity contribution in [2.45, 2.75) is 0 Å². The second-order valence-corrected chi connectivity index (χ2v) is 4.69. The monoisotopic (exact) mass is 280 g/mol. The van der Waals surface area contributed by atoms with E-state index in [0.29, 0.717) is 10.9 Å². The smallest absolute Gasteiger partial charge is 0.307 e. The van der Waals surface area contributed by atoms with Crippen LogP contribution in [-0.4, -0.2) is 19.9 Å². The van der Waals surface area contributed by atoms with Crippen LogP contribution in [0.25, 0.3) is 32.8 Å². The summed E-state index contributed by atoms with van der Waals surface area (Å²) >= 11 is 0. The average Bonchev–Trinajstić information content (AvgIpc) is 2.45. The molecule has 0 saturated heterocycles. The van der Waals surface area contributed by atoms with E-state index >= 15 is 0 Å². The van der Waals surface area contributed by atoms with Crippen molar-refractivity contribution >= 4 is 32.8 Å². The van der Waals surface area contributed by atoms with Gasteiger partial charge in [0.05, 0.1) is 16.4 Å². The van der Waals surface area contributed by atoms with E-state index in [0.717, 1.165) is 5.39 Å². The van der Waals surface area contributed by atoms with Crippen molar-refractivity contribution in [3.8, 4) is 0 Å². The standard InChI is InChI=1S/C14H8N4O3/c19-12-7-5-6-3-1-2-4-8(6)15-10(7)9-11(16-12)17-14(21)18-13(9)20/h1-5H,(H3,16,17,18,19,20,21). The minimum absolute atomic E-state index is 0.0732. The lowest BCUT2D eigenvalue weighted by atomic mass is 10.1. The van der Waals surface area contributed by atoms with Gasteiger partial charge in [-0.3, -0.25) is 19.6 Å². The Hall–Kier alpha value is -3.22. The molecule has 21 heavy (non-hydrogen) atoms. The molecule has 4 rings (SSSR count). The van der Waals surface area contributed by atoms with Crippen LogP contribution in [0.15, 0.2) is 44.7 Å². The summed E-state index contributed by atoms with van der Waals surface area (Å²) < 4.78 is 0. The second kappa shape index (κ2) is 3.89. The maximum Gasteiger partial charge on any atom is 0.327 e. The number of nitrogens with one attached hydrogen (secondary N) is 3. The normalized spacial score (nSPS) is 11.4. The topological polar surface area (TPSA) is 111 Å². The lowest BCUT2D eigenvalue weighted by molar-refractivity contribution is 1.06. The van der Waals surface area contributed by atoms with Gasteiger partial charge in [0, 0.05) is 5.39 Å². The predicted octanol–water partition coefficient (Wildman–Crippen LogP) is 0.606. The Morgan fingerprint density at radius 1 is 0.905 bits per heavy atom. The Bertz CT molecular complexity index is 1200. The summed E-state index contributed by atoms with van der Waals surface area (Å²) in [5.74, 6) is 0. The zero-order valence-corrected chi connectivity index (χ0v) is 10.6. The lowest BCUT2D eigenvalue weighted by Crippen LogP contribution is -2.24. The van der Waals surface area contributed by atoms with E-state index in [4.69, 9.17) is 0 Å². The predicted molar refractivity (Wildman–Crippen MR) is 78.6 cm³/mol. The van der Waals surface area contributed by atoms with Crippen LogP contribution < -0.4 is 16.8 Å². The molecule has 0 atom stereocenters. The van der Waals surface area contributed by atoms with Gasteiger partial charge < -0.3 is 4.98 Å². The Morgan fingerprint density at radius 2 is 1.71 bits per heavy atom. The van der Waals surface area contributed by atoms with E-state index in [9.17, 15) is 14.4 Å². The van der Waals surface area contributed by atoms with Crippen LogP contribution in [0.5, 0.6) is 0 Å². The summed E-state index contributed by atoms with van der Waals surface area (Å²) in [4.78, 5) is 46.9. The number of H-pyrrole nitrogens is 3. The summed E-state index contributed by atoms with van der Waals surface area (Å²) in [5, 5.41) is 1.27. The van der Waals surface area contributed by atoms with E-state index in [-0.39, 0.29) is 16.6 Å². The third kappa shape index (κ3) is 1.61. The molecule has 0 amide bonds. The van der Waals surface area contributed by atoms with Crippen molar-refractivity contribution in [2.24, 2.45) is 0 Å². The van der Waals surface area contributed by atoms with Crippen LogP contribution in [0.2, 0.25) is 0 Å². The van der Waals surface area contributed by atoms with Crippen LogP contribution in [0.3, 0.4) is 0 Å². The van der Waals surface area contributed by atoms with Crippen molar-refractivity contribution in [2.75, 3.05) is 0 Å². The molecule has 0 aliphatic carbocycles. The van der Waals surface area contributed by atoms with E-state index in [1.165, 1.54) is 0 Å². The fourth-order valence-electron chi connectivity index (χ4n) is 2.47. The van der Waals surface area contributed by atoms with Gasteiger partial charge in [-0.05, 0) is 12.1 Å². The molecular formula is C14H8N4O3. The molecule has 1 aromatic carbocycles. The summed E-state index contributed by atoms with van der Waals surface area (Å²) in [6.07, 6.45) is 0. The highest BCUT2D eigenvalue weighted by molar-refractivity contribution is 6.04. The van der Waals surface area contributed by atoms with Gasteiger partial charge in [0.15, 0.2) is 0 Å². The van der Waals surface area contributed by atoms with Gasteiger partial charge in [0.2, 0.25) is 0 Å². The van der Waals surface area contributed by atoms with Gasteiger partial charge in [0.25, 0.3) is 11.1 Å². The van der Waals surface area contributed by atoms with E-state index in [1.54, 1.807) is 12.1 Å². The highest BCUT2D eigenvalue weighted by atomic mass is 16.2. The Balaban J connectivity index is 2.39. The fourth-order valence-corrected chi connectivity index (χ4v) is 2.47. The first-order valence-electron chi connectivity index (χ1n) is 6.21. The third-order valence-electron chi connectivity index (χ3n) is 3.39. The molecule has 0 radical (unpaired) electrons. The fraction of sp³-hybridized carbons (Fsp3) is 0. The molecule has 0 aliphatic rings. The lowest BCUT2D eigenvalue weighted by Gasteiger charge is -2.03. The first-order valence-corrected chi connectivity index (χ1v) is 6.21. The van der Waals surface area contributed by atoms with Crippen LogP contribution in [0, 0.1) is 0 Å². The second-order valence-electron chi connectivity index (χ2n) is 4.69. The molecule has 3 N–H and O–H groups in total. The number of fused-ring (bicyclic) bond motifs is 4.